The van der Waals surface area contributed by atoms with Crippen LogP contribution in [0.3, 0.4) is 0 Å². The van der Waals surface area contributed by atoms with Crippen LogP contribution >= 0.6 is 15.9 Å². The summed E-state index contributed by atoms with van der Waals surface area (Å²) in [6.45, 7) is 1.87. The quantitative estimate of drug-likeness (QED) is 0.434. The molecule has 5 rings (SSSR count). The maximum absolute atomic E-state index is 13.5. The molecule has 6 heteroatoms. The van der Waals surface area contributed by atoms with Gasteiger partial charge in [0, 0.05) is 10.2 Å². The van der Waals surface area contributed by atoms with Gasteiger partial charge < -0.3 is 4.42 Å². The molecule has 0 saturated carbocycles. The molecule has 1 aliphatic rings. The van der Waals surface area contributed by atoms with Gasteiger partial charge in [-0.2, -0.15) is 0 Å². The predicted octanol–water partition coefficient (Wildman–Crippen LogP) is 5.01. The first-order chi connectivity index (χ1) is 14.0. The minimum atomic E-state index is -0.604. The van der Waals surface area contributed by atoms with Crippen LogP contribution in [-0.2, 0) is 0 Å². The van der Waals surface area contributed by atoms with Crippen molar-refractivity contribution in [2.24, 2.45) is 0 Å². The first-order valence-electron chi connectivity index (χ1n) is 9.13. The summed E-state index contributed by atoms with van der Waals surface area (Å²) < 4.78 is 6.72. The minimum absolute atomic E-state index is 0.0713. The van der Waals surface area contributed by atoms with Crippen LogP contribution in [0.4, 0.5) is 5.82 Å². The van der Waals surface area contributed by atoms with Gasteiger partial charge in [-0.05, 0) is 42.8 Å². The maximum Gasteiger partial charge on any atom is 0.296 e. The Bertz CT molecular complexity index is 1330. The fourth-order valence-corrected chi connectivity index (χ4v) is 4.16. The topological polar surface area (TPSA) is 63.4 Å². The van der Waals surface area contributed by atoms with Crippen molar-refractivity contribution in [1.29, 1.82) is 0 Å². The standard InChI is InChI=1S/C23H15BrN2O3/c1-13-6-5-9-18(25-13)26-20(14-7-3-2-4-8-14)19-21(27)16-12-15(24)10-11-17(16)29-22(19)23(26)28/h2-12,20H,1H3/t20-/m1/s1. The number of carbonyl (C=O) groups excluding carboxylic acids is 1. The third-order valence-electron chi connectivity index (χ3n) is 5.07. The van der Waals surface area contributed by atoms with E-state index in [0.29, 0.717) is 22.4 Å². The zero-order chi connectivity index (χ0) is 20.1. The lowest BCUT2D eigenvalue weighted by atomic mass is 9.98. The second-order valence-electron chi connectivity index (χ2n) is 6.94. The lowest BCUT2D eigenvalue weighted by molar-refractivity contribution is 0.0970. The number of nitrogens with zero attached hydrogens (tertiary/aromatic N) is 2. The average molecular weight is 447 g/mol. The highest BCUT2D eigenvalue weighted by molar-refractivity contribution is 9.10. The Morgan fingerprint density at radius 1 is 1.00 bits per heavy atom. The zero-order valence-corrected chi connectivity index (χ0v) is 17.0. The van der Waals surface area contributed by atoms with Gasteiger partial charge in [0.05, 0.1) is 17.0 Å². The summed E-state index contributed by atoms with van der Waals surface area (Å²) in [5, 5.41) is 0.436. The molecule has 5 nitrogen and oxygen atoms in total. The van der Waals surface area contributed by atoms with Crippen molar-refractivity contribution in [3.8, 4) is 0 Å². The summed E-state index contributed by atoms with van der Waals surface area (Å²) in [5.41, 5.74) is 2.13. The number of fused-ring (bicyclic) bond motifs is 2. The van der Waals surface area contributed by atoms with Gasteiger partial charge in [-0.25, -0.2) is 4.98 Å². The molecule has 1 atom stereocenters. The Labute approximate surface area is 174 Å². The minimum Gasteiger partial charge on any atom is -0.450 e. The maximum atomic E-state index is 13.5. The van der Waals surface area contributed by atoms with Crippen LogP contribution < -0.4 is 10.3 Å². The molecule has 4 aromatic rings. The number of hydrogen-bond acceptors (Lipinski definition) is 4. The number of benzene rings is 2. The van der Waals surface area contributed by atoms with Gasteiger partial charge in [0.2, 0.25) is 5.76 Å². The van der Waals surface area contributed by atoms with Crippen LogP contribution in [0.1, 0.15) is 33.4 Å². The highest BCUT2D eigenvalue weighted by Crippen LogP contribution is 2.40. The fraction of sp³-hybridized carbons (Fsp3) is 0.0870. The lowest BCUT2D eigenvalue weighted by Gasteiger charge is -2.24. The van der Waals surface area contributed by atoms with E-state index in [1.54, 1.807) is 29.2 Å². The molecule has 1 aliphatic heterocycles. The molecular weight excluding hydrogens is 432 g/mol. The largest absolute Gasteiger partial charge is 0.450 e. The number of aryl methyl sites for hydroxylation is 1. The molecule has 0 spiro atoms. The highest BCUT2D eigenvalue weighted by Gasteiger charge is 2.44. The summed E-state index contributed by atoms with van der Waals surface area (Å²) in [6, 6.07) is 19.6. The van der Waals surface area contributed by atoms with Gasteiger partial charge in [-0.1, -0.05) is 52.3 Å². The van der Waals surface area contributed by atoms with Gasteiger partial charge in [-0.3, -0.25) is 14.5 Å². The lowest BCUT2D eigenvalue weighted by Crippen LogP contribution is -2.30. The molecule has 1 amide bonds. The van der Waals surface area contributed by atoms with E-state index >= 15 is 0 Å². The molecule has 2 aromatic carbocycles. The number of pyridine rings is 1. The highest BCUT2D eigenvalue weighted by atomic mass is 79.9. The number of anilines is 1. The monoisotopic (exact) mass is 446 g/mol. The van der Waals surface area contributed by atoms with E-state index in [9.17, 15) is 9.59 Å². The Morgan fingerprint density at radius 2 is 1.79 bits per heavy atom. The van der Waals surface area contributed by atoms with E-state index in [2.05, 4.69) is 20.9 Å². The molecule has 3 heterocycles. The van der Waals surface area contributed by atoms with Gasteiger partial charge in [0.15, 0.2) is 5.43 Å². The number of rotatable bonds is 2. The van der Waals surface area contributed by atoms with Crippen LogP contribution in [0.25, 0.3) is 11.0 Å². The van der Waals surface area contributed by atoms with Crippen molar-refractivity contribution in [1.82, 2.24) is 4.98 Å². The SMILES string of the molecule is Cc1cccc(N2C(=O)c3oc4ccc(Br)cc4c(=O)c3[C@H]2c2ccccc2)n1. The first kappa shape index (κ1) is 17.8. The second kappa shape index (κ2) is 6.67. The second-order valence-corrected chi connectivity index (χ2v) is 7.86. The Kier molecular flexibility index (Phi) is 4.10. The summed E-state index contributed by atoms with van der Waals surface area (Å²) in [7, 11) is 0. The molecule has 0 fully saturated rings. The van der Waals surface area contributed by atoms with E-state index < -0.39 is 6.04 Å². The van der Waals surface area contributed by atoms with Crippen molar-refractivity contribution in [3.63, 3.8) is 0 Å². The molecule has 142 valence electrons. The van der Waals surface area contributed by atoms with E-state index in [1.165, 1.54) is 0 Å². The van der Waals surface area contributed by atoms with Gasteiger partial charge in [-0.15, -0.1) is 0 Å². The molecule has 2 aromatic heterocycles. The number of hydrogen-bond donors (Lipinski definition) is 0. The molecule has 0 saturated heterocycles. The van der Waals surface area contributed by atoms with Gasteiger partial charge in [0.1, 0.15) is 11.4 Å². The number of amides is 1. The van der Waals surface area contributed by atoms with Crippen LogP contribution in [0, 0.1) is 6.92 Å². The molecular formula is C23H15BrN2O3. The van der Waals surface area contributed by atoms with E-state index in [4.69, 9.17) is 4.42 Å². The first-order valence-corrected chi connectivity index (χ1v) is 9.92. The Balaban J connectivity index is 1.84. The summed E-state index contributed by atoms with van der Waals surface area (Å²) >= 11 is 3.41. The van der Waals surface area contributed by atoms with Crippen molar-refractivity contribution in [2.75, 3.05) is 4.90 Å². The van der Waals surface area contributed by atoms with Gasteiger partial charge >= 0.3 is 0 Å². The summed E-state index contributed by atoms with van der Waals surface area (Å²) in [5.74, 6) is 0.191. The number of aromatic nitrogens is 1. The summed E-state index contributed by atoms with van der Waals surface area (Å²) in [6.07, 6.45) is 0. The van der Waals surface area contributed by atoms with Crippen LogP contribution in [0.5, 0.6) is 0 Å². The smallest absolute Gasteiger partial charge is 0.296 e. The third kappa shape index (κ3) is 2.79. The van der Waals surface area contributed by atoms with Crippen molar-refractivity contribution in [3.05, 3.63) is 104 Å². The molecule has 0 aliphatic carbocycles. The van der Waals surface area contributed by atoms with E-state index in [-0.39, 0.29) is 17.1 Å². The average Bonchev–Trinajstić information content (AvgIpc) is 3.02. The van der Waals surface area contributed by atoms with E-state index in [0.717, 1.165) is 15.7 Å². The molecule has 0 bridgehead atoms. The number of carbonyl (C=O) groups is 1. The Morgan fingerprint density at radius 3 is 2.55 bits per heavy atom. The molecule has 29 heavy (non-hydrogen) atoms. The Hall–Kier alpha value is -3.25. The van der Waals surface area contributed by atoms with Crippen molar-refractivity contribution >= 4 is 38.6 Å². The van der Waals surface area contributed by atoms with Crippen LogP contribution in [0.2, 0.25) is 0 Å². The fourth-order valence-electron chi connectivity index (χ4n) is 3.79. The normalized spacial score (nSPS) is 15.7. The van der Waals surface area contributed by atoms with Crippen molar-refractivity contribution in [2.45, 2.75) is 13.0 Å². The third-order valence-corrected chi connectivity index (χ3v) is 5.56. The van der Waals surface area contributed by atoms with E-state index in [1.807, 2.05) is 49.4 Å². The van der Waals surface area contributed by atoms with Gasteiger partial charge in [0.25, 0.3) is 5.91 Å². The zero-order valence-electron chi connectivity index (χ0n) is 15.4. The van der Waals surface area contributed by atoms with Crippen LogP contribution in [-0.4, -0.2) is 10.9 Å². The molecule has 0 N–H and O–H groups in total. The predicted molar refractivity (Wildman–Crippen MR) is 114 cm³/mol. The summed E-state index contributed by atoms with van der Waals surface area (Å²) in [4.78, 5) is 32.9. The number of halogens is 1. The molecule has 0 unspecified atom stereocenters. The molecule has 0 radical (unpaired) electrons. The van der Waals surface area contributed by atoms with Crippen LogP contribution in [0.15, 0.2) is 80.4 Å². The van der Waals surface area contributed by atoms with Crippen molar-refractivity contribution < 1.29 is 9.21 Å².